The molecule has 3 heterocycles. The van der Waals surface area contributed by atoms with Crippen molar-refractivity contribution in [1.29, 1.82) is 0 Å². The fraction of sp³-hybridized carbons (Fsp3) is 0.176. The molecule has 15 heteroatoms. The number of alkyl halides is 9. The van der Waals surface area contributed by atoms with Gasteiger partial charge in [0.1, 0.15) is 0 Å². The predicted molar refractivity (Wildman–Crippen MR) is 124 cm³/mol. The van der Waals surface area contributed by atoms with E-state index >= 15 is 0 Å². The zero-order valence-corrected chi connectivity index (χ0v) is 21.5. The lowest BCUT2D eigenvalue weighted by Gasteiger charge is -2.27. The maximum Gasteiger partial charge on any atom is 0.416 e. The molecule has 170 valence electrons. The van der Waals surface area contributed by atoms with Crippen LogP contribution in [0.25, 0.3) is 0 Å². The molecular formula is C17H4BF9I2S3. The van der Waals surface area contributed by atoms with Crippen molar-refractivity contribution < 1.29 is 39.5 Å². The van der Waals surface area contributed by atoms with E-state index in [2.05, 4.69) is 0 Å². The van der Waals surface area contributed by atoms with Gasteiger partial charge in [-0.05, 0) is 84.5 Å². The summed E-state index contributed by atoms with van der Waals surface area (Å²) in [5.41, 5.74) is -7.05. The Balaban J connectivity index is 2.14. The van der Waals surface area contributed by atoms with Gasteiger partial charge in [-0.15, -0.1) is 22.7 Å². The van der Waals surface area contributed by atoms with E-state index in [4.69, 9.17) is 0 Å². The molecule has 0 amide bonds. The second-order valence-corrected chi connectivity index (χ2v) is 13.6. The van der Waals surface area contributed by atoms with E-state index in [0.29, 0.717) is 15.6 Å². The van der Waals surface area contributed by atoms with Gasteiger partial charge in [0.15, 0.2) is 0 Å². The Hall–Kier alpha value is -0.135. The number of thiophene rings is 2. The number of fused-ring (bicyclic) bond motifs is 2. The molecule has 32 heavy (non-hydrogen) atoms. The van der Waals surface area contributed by atoms with Gasteiger partial charge >= 0.3 is 18.5 Å². The van der Waals surface area contributed by atoms with Crippen LogP contribution in [0.2, 0.25) is 0 Å². The van der Waals surface area contributed by atoms with Gasteiger partial charge in [0.05, 0.1) is 22.5 Å². The Labute approximate surface area is 214 Å². The molecule has 0 bridgehead atoms. The third-order valence-electron chi connectivity index (χ3n) is 4.54. The second kappa shape index (κ2) is 8.22. The Kier molecular flexibility index (Phi) is 6.42. The molecule has 0 N–H and O–H groups in total. The van der Waals surface area contributed by atoms with E-state index in [1.807, 2.05) is 45.2 Å². The minimum absolute atomic E-state index is 0.219. The topological polar surface area (TPSA) is 0 Å². The quantitative estimate of drug-likeness (QED) is 0.115. The average Bonchev–Trinajstić information content (AvgIpc) is 3.16. The summed E-state index contributed by atoms with van der Waals surface area (Å²) >= 11 is 7.11. The van der Waals surface area contributed by atoms with Crippen molar-refractivity contribution in [3.05, 3.63) is 46.7 Å². The van der Waals surface area contributed by atoms with Crippen LogP contribution in [0.5, 0.6) is 0 Å². The summed E-state index contributed by atoms with van der Waals surface area (Å²) in [5, 5.41) is 0. The van der Waals surface area contributed by atoms with E-state index in [0.717, 1.165) is 22.7 Å². The van der Waals surface area contributed by atoms with Gasteiger partial charge in [0.2, 0.25) is 0 Å². The number of benzene rings is 1. The molecule has 0 fully saturated rings. The highest BCUT2D eigenvalue weighted by molar-refractivity contribution is 14.1. The minimum atomic E-state index is -5.43. The Morgan fingerprint density at radius 3 is 1.38 bits per heavy atom. The maximum atomic E-state index is 14.0. The van der Waals surface area contributed by atoms with Crippen molar-refractivity contribution in [2.24, 2.45) is 0 Å². The highest BCUT2D eigenvalue weighted by Crippen LogP contribution is 2.42. The van der Waals surface area contributed by atoms with Crippen LogP contribution in [0.1, 0.15) is 16.7 Å². The van der Waals surface area contributed by atoms with Crippen molar-refractivity contribution in [2.75, 3.05) is 0 Å². The van der Waals surface area contributed by atoms with Crippen LogP contribution in [0.15, 0.2) is 34.1 Å². The molecule has 4 rings (SSSR count). The van der Waals surface area contributed by atoms with Crippen molar-refractivity contribution in [2.45, 2.75) is 28.3 Å². The second-order valence-electron chi connectivity index (χ2n) is 6.57. The number of rotatable bonds is 1. The van der Waals surface area contributed by atoms with E-state index in [1.54, 1.807) is 12.1 Å². The van der Waals surface area contributed by atoms with Crippen molar-refractivity contribution in [1.82, 2.24) is 0 Å². The summed E-state index contributed by atoms with van der Waals surface area (Å²) in [7, 11) is 0. The van der Waals surface area contributed by atoms with Gasteiger partial charge in [0, 0.05) is 9.79 Å². The number of halogens is 11. The zero-order chi connectivity index (χ0) is 23.8. The molecule has 1 aliphatic rings. The molecule has 1 aromatic carbocycles. The van der Waals surface area contributed by atoms with Crippen LogP contribution in [-0.2, 0) is 18.5 Å². The third kappa shape index (κ3) is 4.56. The lowest BCUT2D eigenvalue weighted by Crippen LogP contribution is -2.56. The SMILES string of the molecule is FC(F)(F)c1cc(C(F)(F)F)c(B2c3sc(I)cc3Sc3cc(I)sc32)c(C(F)(F)F)c1. The first kappa shape index (κ1) is 25.0. The number of hydrogen-bond donors (Lipinski definition) is 0. The zero-order valence-electron chi connectivity index (χ0n) is 14.8. The minimum Gasteiger partial charge on any atom is -0.166 e. The predicted octanol–water partition coefficient (Wildman–Crippen LogP) is 7.06. The van der Waals surface area contributed by atoms with Crippen LogP contribution in [0, 0.1) is 5.77 Å². The Morgan fingerprint density at radius 1 is 0.625 bits per heavy atom. The molecule has 0 saturated carbocycles. The normalized spacial score (nSPS) is 14.5. The molecule has 0 spiro atoms. The summed E-state index contributed by atoms with van der Waals surface area (Å²) < 4.78 is 125. The molecule has 0 atom stereocenters. The van der Waals surface area contributed by atoms with Crippen LogP contribution in [0.3, 0.4) is 0 Å². The first-order valence-corrected chi connectivity index (χ1v) is 12.8. The standard InChI is InChI=1S/C17H4BF9I2S3/c19-15(20,21)5-1-6(16(22,23)24)12(7(2-5)17(25,26)27)18-13-8(3-10(28)31-13)30-9-4-11(29)32-14(9)18/h1-4H. The first-order chi connectivity index (χ1) is 14.6. The smallest absolute Gasteiger partial charge is 0.166 e. The first-order valence-electron chi connectivity index (χ1n) is 8.23. The molecule has 2 aromatic heterocycles. The molecule has 0 radical (unpaired) electrons. The van der Waals surface area contributed by atoms with Gasteiger partial charge in [-0.2, -0.15) is 39.5 Å². The van der Waals surface area contributed by atoms with Crippen LogP contribution in [-0.4, -0.2) is 6.71 Å². The molecule has 3 aromatic rings. The molecule has 0 unspecified atom stereocenters. The van der Waals surface area contributed by atoms with Crippen LogP contribution in [0.4, 0.5) is 39.5 Å². The maximum absolute atomic E-state index is 14.0. The summed E-state index contributed by atoms with van der Waals surface area (Å²) in [5.74, 6) is 0. The van der Waals surface area contributed by atoms with Crippen molar-refractivity contribution in [3.63, 3.8) is 0 Å². The highest BCUT2D eigenvalue weighted by Gasteiger charge is 2.49. The van der Waals surface area contributed by atoms with E-state index in [9.17, 15) is 39.5 Å². The molecule has 0 aliphatic carbocycles. The van der Waals surface area contributed by atoms with Gasteiger partial charge in [-0.1, -0.05) is 11.8 Å². The van der Waals surface area contributed by atoms with E-state index in [-0.39, 0.29) is 21.7 Å². The van der Waals surface area contributed by atoms with Crippen LogP contribution >= 0.6 is 79.6 Å². The summed E-state index contributed by atoms with van der Waals surface area (Å²) in [6.07, 6.45) is -16.2. The summed E-state index contributed by atoms with van der Waals surface area (Å²) in [6, 6.07) is 2.86. The third-order valence-corrected chi connectivity index (χ3v) is 9.84. The Bertz CT molecular complexity index is 1130. The van der Waals surface area contributed by atoms with Gasteiger partial charge in [0.25, 0.3) is 6.71 Å². The van der Waals surface area contributed by atoms with Gasteiger partial charge in [-0.3, -0.25) is 0 Å². The summed E-state index contributed by atoms with van der Waals surface area (Å²) in [6.45, 7) is -1.49. The van der Waals surface area contributed by atoms with Crippen molar-refractivity contribution >= 4 is 101 Å². The molecule has 0 nitrogen and oxygen atoms in total. The van der Waals surface area contributed by atoms with Crippen molar-refractivity contribution in [3.8, 4) is 0 Å². The molecule has 1 aliphatic heterocycles. The van der Waals surface area contributed by atoms with Gasteiger partial charge in [-0.25, -0.2) is 0 Å². The Morgan fingerprint density at radius 2 is 1.03 bits per heavy atom. The summed E-state index contributed by atoms with van der Waals surface area (Å²) in [4.78, 5) is 0.986. The molecular weight excluding hydrogens is 736 g/mol. The monoisotopic (exact) mass is 740 g/mol. The van der Waals surface area contributed by atoms with Gasteiger partial charge < -0.3 is 0 Å². The van der Waals surface area contributed by atoms with E-state index in [1.165, 1.54) is 11.8 Å². The lowest BCUT2D eigenvalue weighted by molar-refractivity contribution is -0.147. The lowest BCUT2D eigenvalue weighted by atomic mass is 9.40. The fourth-order valence-electron chi connectivity index (χ4n) is 3.38. The number of hydrogen-bond acceptors (Lipinski definition) is 3. The van der Waals surface area contributed by atoms with E-state index < -0.39 is 47.4 Å². The average molecular weight is 740 g/mol. The largest absolute Gasteiger partial charge is 0.416 e. The highest BCUT2D eigenvalue weighted by atomic mass is 127. The van der Waals surface area contributed by atoms with Crippen LogP contribution < -0.4 is 15.0 Å². The fourth-order valence-corrected chi connectivity index (χ4v) is 9.40. The molecule has 0 saturated heterocycles.